The third kappa shape index (κ3) is 2.98. The summed E-state index contributed by atoms with van der Waals surface area (Å²) < 4.78 is 5.61. The zero-order chi connectivity index (χ0) is 15.7. The zero-order valence-electron chi connectivity index (χ0n) is 12.6. The molecule has 1 aromatic carbocycles. The van der Waals surface area contributed by atoms with Gasteiger partial charge in [-0.2, -0.15) is 0 Å². The Morgan fingerprint density at radius 2 is 2.18 bits per heavy atom. The number of Topliss-reactive ketones (excluding diaryl/α,β-unsaturated/α-hetero) is 1. The van der Waals surface area contributed by atoms with Crippen LogP contribution >= 0.6 is 11.6 Å². The number of fused-ring (bicyclic) bond motifs is 1. The van der Waals surface area contributed by atoms with Crippen molar-refractivity contribution in [2.45, 2.75) is 38.6 Å². The van der Waals surface area contributed by atoms with Crippen molar-refractivity contribution >= 4 is 23.3 Å². The summed E-state index contributed by atoms with van der Waals surface area (Å²) in [7, 11) is 0. The number of hydrogen-bond donors (Lipinski definition) is 1. The summed E-state index contributed by atoms with van der Waals surface area (Å²) in [4.78, 5) is 24.1. The van der Waals surface area contributed by atoms with Crippen molar-refractivity contribution in [2.75, 3.05) is 6.61 Å². The minimum atomic E-state index is -0.0711. The van der Waals surface area contributed by atoms with Gasteiger partial charge in [-0.1, -0.05) is 30.7 Å². The molecule has 3 rings (SSSR count). The number of ether oxygens (including phenoxy) is 1. The lowest BCUT2D eigenvalue weighted by Gasteiger charge is -2.30. The van der Waals surface area contributed by atoms with E-state index in [9.17, 15) is 9.59 Å². The molecular formula is C17H20ClNO3. The Morgan fingerprint density at radius 1 is 1.36 bits per heavy atom. The number of nitrogens with one attached hydrogen (secondary N) is 1. The Balaban J connectivity index is 1.71. The molecule has 4 nitrogen and oxygen atoms in total. The van der Waals surface area contributed by atoms with E-state index in [4.69, 9.17) is 16.3 Å². The van der Waals surface area contributed by atoms with Crippen molar-refractivity contribution in [3.63, 3.8) is 0 Å². The van der Waals surface area contributed by atoms with Crippen LogP contribution in [0.3, 0.4) is 0 Å². The topological polar surface area (TPSA) is 55.4 Å². The molecule has 1 heterocycles. The van der Waals surface area contributed by atoms with E-state index >= 15 is 0 Å². The SMILES string of the molecule is C[C@@H]1C[C@@H](C(=O)N[C@H]2CCOc3c(Cl)cccc32)CCC1=O. The number of benzene rings is 1. The summed E-state index contributed by atoms with van der Waals surface area (Å²) in [5, 5.41) is 3.70. The first-order chi connectivity index (χ1) is 10.6. The van der Waals surface area contributed by atoms with E-state index < -0.39 is 0 Å². The number of amides is 1. The van der Waals surface area contributed by atoms with E-state index in [-0.39, 0.29) is 29.6 Å². The monoisotopic (exact) mass is 321 g/mol. The molecule has 1 saturated carbocycles. The predicted octanol–water partition coefficient (Wildman–Crippen LogP) is 3.29. The normalized spacial score (nSPS) is 27.7. The zero-order valence-corrected chi connectivity index (χ0v) is 13.4. The van der Waals surface area contributed by atoms with Crippen molar-refractivity contribution in [3.8, 4) is 5.75 Å². The third-order valence-corrected chi connectivity index (χ3v) is 4.94. The second kappa shape index (κ2) is 6.29. The third-order valence-electron chi connectivity index (χ3n) is 4.64. The van der Waals surface area contributed by atoms with E-state index in [0.29, 0.717) is 36.6 Å². The van der Waals surface area contributed by atoms with Crippen LogP contribution in [0.25, 0.3) is 0 Å². The standard InChI is InChI=1S/C17H20ClNO3/c1-10-9-11(5-6-15(10)20)17(21)19-14-7-8-22-16-12(14)3-2-4-13(16)18/h2-4,10-11,14H,5-9H2,1H3,(H,19,21)/t10-,11+,14+/m1/s1. The number of hydrogen-bond acceptors (Lipinski definition) is 3. The summed E-state index contributed by atoms with van der Waals surface area (Å²) in [5.74, 6) is 0.899. The molecule has 0 saturated heterocycles. The summed E-state index contributed by atoms with van der Waals surface area (Å²) in [5.41, 5.74) is 0.937. The van der Waals surface area contributed by atoms with E-state index in [1.807, 2.05) is 19.1 Å². The number of rotatable bonds is 2. The van der Waals surface area contributed by atoms with Gasteiger partial charge in [-0.3, -0.25) is 9.59 Å². The highest BCUT2D eigenvalue weighted by Gasteiger charge is 2.32. The molecule has 118 valence electrons. The van der Waals surface area contributed by atoms with Gasteiger partial charge < -0.3 is 10.1 Å². The Kier molecular flexibility index (Phi) is 4.39. The highest BCUT2D eigenvalue weighted by molar-refractivity contribution is 6.32. The summed E-state index contributed by atoms with van der Waals surface area (Å²) >= 11 is 6.15. The summed E-state index contributed by atoms with van der Waals surface area (Å²) in [6, 6.07) is 5.54. The molecule has 22 heavy (non-hydrogen) atoms. The quantitative estimate of drug-likeness (QED) is 0.909. The molecule has 1 amide bonds. The molecule has 0 bridgehead atoms. The van der Waals surface area contributed by atoms with Crippen LogP contribution in [0.4, 0.5) is 0 Å². The molecule has 1 aromatic rings. The van der Waals surface area contributed by atoms with E-state index in [0.717, 1.165) is 12.0 Å². The molecule has 3 atom stereocenters. The lowest BCUT2D eigenvalue weighted by molar-refractivity contribution is -0.131. The maximum atomic E-state index is 12.5. The minimum Gasteiger partial charge on any atom is -0.492 e. The summed E-state index contributed by atoms with van der Waals surface area (Å²) in [6.07, 6.45) is 2.55. The van der Waals surface area contributed by atoms with Gasteiger partial charge in [-0.15, -0.1) is 0 Å². The van der Waals surface area contributed by atoms with Crippen molar-refractivity contribution in [2.24, 2.45) is 11.8 Å². The van der Waals surface area contributed by atoms with Crippen LogP contribution in [0.2, 0.25) is 5.02 Å². The molecule has 0 spiro atoms. The first-order valence-electron chi connectivity index (χ1n) is 7.80. The van der Waals surface area contributed by atoms with Crippen molar-refractivity contribution < 1.29 is 14.3 Å². The largest absolute Gasteiger partial charge is 0.492 e. The lowest BCUT2D eigenvalue weighted by atomic mass is 9.81. The summed E-state index contributed by atoms with van der Waals surface area (Å²) in [6.45, 7) is 2.45. The van der Waals surface area contributed by atoms with Crippen LogP contribution < -0.4 is 10.1 Å². The van der Waals surface area contributed by atoms with Gasteiger partial charge in [0, 0.05) is 30.2 Å². The van der Waals surface area contributed by atoms with Crippen LogP contribution in [0, 0.1) is 11.8 Å². The fourth-order valence-corrected chi connectivity index (χ4v) is 3.54. The molecular weight excluding hydrogens is 302 g/mol. The van der Waals surface area contributed by atoms with Crippen molar-refractivity contribution in [1.29, 1.82) is 0 Å². The first kappa shape index (κ1) is 15.3. The molecule has 1 aliphatic carbocycles. The molecule has 5 heteroatoms. The predicted molar refractivity (Wildman–Crippen MR) is 84.0 cm³/mol. The van der Waals surface area contributed by atoms with Gasteiger partial charge in [-0.25, -0.2) is 0 Å². The van der Waals surface area contributed by atoms with Crippen LogP contribution in [0.5, 0.6) is 5.75 Å². The van der Waals surface area contributed by atoms with Gasteiger partial charge in [0.1, 0.15) is 11.5 Å². The van der Waals surface area contributed by atoms with Crippen molar-refractivity contribution in [3.05, 3.63) is 28.8 Å². The van der Waals surface area contributed by atoms with Crippen LogP contribution in [0.15, 0.2) is 18.2 Å². The molecule has 1 aliphatic heterocycles. The lowest BCUT2D eigenvalue weighted by Crippen LogP contribution is -2.39. The Hall–Kier alpha value is -1.55. The van der Waals surface area contributed by atoms with Crippen LogP contribution in [-0.2, 0) is 9.59 Å². The van der Waals surface area contributed by atoms with Crippen molar-refractivity contribution in [1.82, 2.24) is 5.32 Å². The smallest absolute Gasteiger partial charge is 0.223 e. The minimum absolute atomic E-state index is 0.0130. The number of carbonyl (C=O) groups excluding carboxylic acids is 2. The fourth-order valence-electron chi connectivity index (χ4n) is 3.30. The van der Waals surface area contributed by atoms with Crippen LogP contribution in [0.1, 0.15) is 44.2 Å². The molecule has 0 aromatic heterocycles. The fraction of sp³-hybridized carbons (Fsp3) is 0.529. The molecule has 0 radical (unpaired) electrons. The van der Waals surface area contributed by atoms with E-state index in [1.165, 1.54) is 0 Å². The molecule has 1 fully saturated rings. The molecule has 2 aliphatic rings. The van der Waals surface area contributed by atoms with Gasteiger partial charge in [0.15, 0.2) is 0 Å². The van der Waals surface area contributed by atoms with E-state index in [1.54, 1.807) is 6.07 Å². The Bertz CT molecular complexity index is 602. The average Bonchev–Trinajstić information content (AvgIpc) is 2.51. The highest BCUT2D eigenvalue weighted by Crippen LogP contribution is 2.38. The number of ketones is 1. The maximum Gasteiger partial charge on any atom is 0.223 e. The number of halogens is 1. The van der Waals surface area contributed by atoms with Gasteiger partial charge in [0.2, 0.25) is 5.91 Å². The van der Waals surface area contributed by atoms with E-state index in [2.05, 4.69) is 5.32 Å². The molecule has 0 unspecified atom stereocenters. The van der Waals surface area contributed by atoms with Gasteiger partial charge >= 0.3 is 0 Å². The molecule has 1 N–H and O–H groups in total. The van der Waals surface area contributed by atoms with Crippen LogP contribution in [-0.4, -0.2) is 18.3 Å². The first-order valence-corrected chi connectivity index (χ1v) is 8.18. The highest BCUT2D eigenvalue weighted by atomic mass is 35.5. The second-order valence-electron chi connectivity index (χ2n) is 6.20. The second-order valence-corrected chi connectivity index (χ2v) is 6.60. The van der Waals surface area contributed by atoms with Gasteiger partial charge in [0.25, 0.3) is 0 Å². The number of para-hydroxylation sites is 1. The average molecular weight is 322 g/mol. The maximum absolute atomic E-state index is 12.5. The van der Waals surface area contributed by atoms with Gasteiger partial charge in [-0.05, 0) is 18.9 Å². The van der Waals surface area contributed by atoms with Gasteiger partial charge in [0.05, 0.1) is 17.7 Å². The Labute approximate surface area is 135 Å². The number of carbonyl (C=O) groups is 2. The Morgan fingerprint density at radius 3 is 2.95 bits per heavy atom.